The average molecular weight is 307 g/mol. The molecule has 0 N–H and O–H groups in total. The smallest absolute Gasteiger partial charge is 0.207 e. The maximum Gasteiger partial charge on any atom is 0.242 e. The van der Waals surface area contributed by atoms with Gasteiger partial charge in [0.1, 0.15) is 0 Å². The lowest BCUT2D eigenvalue weighted by Crippen LogP contribution is -2.32. The van der Waals surface area contributed by atoms with Gasteiger partial charge in [-0.25, -0.2) is 12.7 Å². The fraction of sp³-hybridized carbons (Fsp3) is 0.647. The Labute approximate surface area is 128 Å². The lowest BCUT2D eigenvalue weighted by Gasteiger charge is -2.26. The maximum absolute atomic E-state index is 12.7. The van der Waals surface area contributed by atoms with Crippen LogP contribution < -0.4 is 0 Å². The monoisotopic (exact) mass is 307 g/mol. The molecule has 0 aliphatic heterocycles. The Balaban J connectivity index is 1.75. The van der Waals surface area contributed by atoms with Gasteiger partial charge in [0, 0.05) is 13.6 Å². The van der Waals surface area contributed by atoms with Gasteiger partial charge in [-0.3, -0.25) is 0 Å². The fourth-order valence-corrected chi connectivity index (χ4v) is 5.02. The molecule has 0 unspecified atom stereocenters. The van der Waals surface area contributed by atoms with E-state index in [0.717, 1.165) is 19.3 Å². The van der Waals surface area contributed by atoms with Crippen LogP contribution in [0.2, 0.25) is 0 Å². The highest BCUT2D eigenvalue weighted by Gasteiger charge is 2.26. The molecule has 3 rings (SSSR count). The third-order valence-corrected chi connectivity index (χ3v) is 6.84. The zero-order chi connectivity index (χ0) is 14.9. The molecule has 0 amide bonds. The Kier molecular flexibility index (Phi) is 4.36. The first-order valence-corrected chi connectivity index (χ1v) is 9.59. The molecule has 3 nitrogen and oxygen atoms in total. The van der Waals surface area contributed by atoms with Crippen molar-refractivity contribution in [2.45, 2.75) is 56.3 Å². The molecule has 0 saturated heterocycles. The molecule has 2 aliphatic carbocycles. The van der Waals surface area contributed by atoms with E-state index < -0.39 is 10.0 Å². The number of sulfonamides is 1. The van der Waals surface area contributed by atoms with Gasteiger partial charge in [-0.15, -0.1) is 0 Å². The van der Waals surface area contributed by atoms with Crippen LogP contribution in [-0.4, -0.2) is 26.3 Å². The predicted octanol–water partition coefficient (Wildman–Crippen LogP) is 3.38. The van der Waals surface area contributed by atoms with Crippen molar-refractivity contribution in [1.82, 2.24) is 4.31 Å². The van der Waals surface area contributed by atoms with Crippen LogP contribution in [-0.2, 0) is 22.9 Å². The zero-order valence-corrected chi connectivity index (χ0v) is 13.7. The number of nitrogens with zero attached hydrogens (tertiary/aromatic N) is 1. The zero-order valence-electron chi connectivity index (χ0n) is 12.8. The molecule has 4 heteroatoms. The van der Waals surface area contributed by atoms with Crippen LogP contribution in [0.1, 0.15) is 49.7 Å². The third kappa shape index (κ3) is 3.16. The Morgan fingerprint density at radius 1 is 1.05 bits per heavy atom. The molecule has 116 valence electrons. The minimum absolute atomic E-state index is 0.474. The van der Waals surface area contributed by atoms with Crippen LogP contribution in [0.25, 0.3) is 0 Å². The molecule has 1 aromatic rings. The number of rotatable bonds is 4. The molecule has 1 fully saturated rings. The number of hydrogen-bond acceptors (Lipinski definition) is 2. The highest BCUT2D eigenvalue weighted by Crippen LogP contribution is 2.28. The standard InChI is InChI=1S/C17H25NO2S/c1-18(13-14-6-3-2-4-7-14)21(19,20)17-11-10-15-8-5-9-16(15)12-17/h10-12,14H,2-9,13H2,1H3. The first-order valence-electron chi connectivity index (χ1n) is 8.15. The SMILES string of the molecule is CN(CC1CCCCC1)S(=O)(=O)c1ccc2c(c1)CCC2. The molecule has 1 aromatic carbocycles. The lowest BCUT2D eigenvalue weighted by atomic mass is 9.89. The number of fused-ring (bicyclic) bond motifs is 1. The van der Waals surface area contributed by atoms with Crippen molar-refractivity contribution in [3.8, 4) is 0 Å². The second-order valence-electron chi connectivity index (χ2n) is 6.57. The lowest BCUT2D eigenvalue weighted by molar-refractivity contribution is 0.300. The minimum Gasteiger partial charge on any atom is -0.207 e. The van der Waals surface area contributed by atoms with Gasteiger partial charge in [-0.2, -0.15) is 0 Å². The Morgan fingerprint density at radius 3 is 2.52 bits per heavy atom. The van der Waals surface area contributed by atoms with Crippen molar-refractivity contribution in [3.05, 3.63) is 29.3 Å². The van der Waals surface area contributed by atoms with Crippen molar-refractivity contribution in [3.63, 3.8) is 0 Å². The second-order valence-corrected chi connectivity index (χ2v) is 8.62. The summed E-state index contributed by atoms with van der Waals surface area (Å²) in [6.45, 7) is 0.666. The Morgan fingerprint density at radius 2 is 1.76 bits per heavy atom. The van der Waals surface area contributed by atoms with E-state index in [-0.39, 0.29) is 0 Å². The van der Waals surface area contributed by atoms with Crippen molar-refractivity contribution < 1.29 is 8.42 Å². The summed E-state index contributed by atoms with van der Waals surface area (Å²) in [7, 11) is -1.59. The predicted molar refractivity (Wildman–Crippen MR) is 84.9 cm³/mol. The van der Waals surface area contributed by atoms with Crippen molar-refractivity contribution in [2.75, 3.05) is 13.6 Å². The molecule has 0 aromatic heterocycles. The molecule has 1 saturated carbocycles. The van der Waals surface area contributed by atoms with E-state index in [4.69, 9.17) is 0 Å². The number of hydrogen-bond donors (Lipinski definition) is 0. The van der Waals surface area contributed by atoms with Gasteiger partial charge in [0.05, 0.1) is 4.90 Å². The number of aryl methyl sites for hydroxylation is 2. The molecular formula is C17H25NO2S. The summed E-state index contributed by atoms with van der Waals surface area (Å²) < 4.78 is 27.0. The quantitative estimate of drug-likeness (QED) is 0.855. The number of benzene rings is 1. The third-order valence-electron chi connectivity index (χ3n) is 5.02. The van der Waals surface area contributed by atoms with Gasteiger partial charge in [-0.1, -0.05) is 25.3 Å². The average Bonchev–Trinajstić information content (AvgIpc) is 2.95. The molecular weight excluding hydrogens is 282 g/mol. The molecule has 0 bridgehead atoms. The largest absolute Gasteiger partial charge is 0.242 e. The van der Waals surface area contributed by atoms with Gasteiger partial charge < -0.3 is 0 Å². The van der Waals surface area contributed by atoms with Crippen LogP contribution in [0.5, 0.6) is 0 Å². The van der Waals surface area contributed by atoms with E-state index in [1.54, 1.807) is 17.4 Å². The summed E-state index contributed by atoms with van der Waals surface area (Å²) in [5.74, 6) is 0.535. The molecule has 0 spiro atoms. The fourth-order valence-electron chi connectivity index (χ4n) is 3.72. The first-order chi connectivity index (χ1) is 10.1. The van der Waals surface area contributed by atoms with Crippen LogP contribution >= 0.6 is 0 Å². The summed E-state index contributed by atoms with van der Waals surface area (Å²) in [6, 6.07) is 5.69. The molecule has 0 atom stereocenters. The van der Waals surface area contributed by atoms with E-state index in [2.05, 4.69) is 0 Å². The van der Waals surface area contributed by atoms with Crippen molar-refractivity contribution in [2.24, 2.45) is 5.92 Å². The molecule has 21 heavy (non-hydrogen) atoms. The maximum atomic E-state index is 12.7. The molecule has 2 aliphatic rings. The molecule has 0 heterocycles. The van der Waals surface area contributed by atoms with Crippen molar-refractivity contribution >= 4 is 10.0 Å². The van der Waals surface area contributed by atoms with Crippen LogP contribution in [0.3, 0.4) is 0 Å². The Bertz CT molecular complexity index is 603. The van der Waals surface area contributed by atoms with Gasteiger partial charge in [-0.05, 0) is 61.3 Å². The van der Waals surface area contributed by atoms with Gasteiger partial charge >= 0.3 is 0 Å². The van der Waals surface area contributed by atoms with Crippen LogP contribution in [0.4, 0.5) is 0 Å². The summed E-state index contributed by atoms with van der Waals surface area (Å²) in [5.41, 5.74) is 2.55. The van der Waals surface area contributed by atoms with E-state index in [9.17, 15) is 8.42 Å². The topological polar surface area (TPSA) is 37.4 Å². The normalized spacial score (nSPS) is 19.9. The van der Waals surface area contributed by atoms with E-state index in [0.29, 0.717) is 17.4 Å². The minimum atomic E-state index is -3.33. The molecule has 0 radical (unpaired) electrons. The van der Waals surface area contributed by atoms with Crippen molar-refractivity contribution in [1.29, 1.82) is 0 Å². The summed E-state index contributed by atoms with van der Waals surface area (Å²) in [6.07, 6.45) is 9.40. The first kappa shape index (κ1) is 15.0. The Hall–Kier alpha value is -0.870. The van der Waals surface area contributed by atoms with Crippen LogP contribution in [0.15, 0.2) is 23.1 Å². The summed E-state index contributed by atoms with van der Waals surface area (Å²) >= 11 is 0. The van der Waals surface area contributed by atoms with E-state index >= 15 is 0 Å². The van der Waals surface area contributed by atoms with Gasteiger partial charge in [0.25, 0.3) is 0 Å². The van der Waals surface area contributed by atoms with E-state index in [1.165, 1.54) is 43.2 Å². The van der Waals surface area contributed by atoms with Gasteiger partial charge in [0.15, 0.2) is 0 Å². The van der Waals surface area contributed by atoms with Crippen LogP contribution in [0, 0.1) is 5.92 Å². The van der Waals surface area contributed by atoms with E-state index in [1.807, 2.05) is 12.1 Å². The second kappa shape index (κ2) is 6.09. The summed E-state index contributed by atoms with van der Waals surface area (Å²) in [4.78, 5) is 0.474. The van der Waals surface area contributed by atoms with Gasteiger partial charge in [0.2, 0.25) is 10.0 Å². The highest BCUT2D eigenvalue weighted by molar-refractivity contribution is 7.89. The highest BCUT2D eigenvalue weighted by atomic mass is 32.2. The summed E-state index contributed by atoms with van der Waals surface area (Å²) in [5, 5.41) is 0.